The topological polar surface area (TPSA) is 58.7 Å². The van der Waals surface area contributed by atoms with Gasteiger partial charge in [-0.3, -0.25) is 4.90 Å². The monoisotopic (exact) mass is 228 g/mol. The molecule has 16 heavy (non-hydrogen) atoms. The highest BCUT2D eigenvalue weighted by Gasteiger charge is 2.13. The summed E-state index contributed by atoms with van der Waals surface area (Å²) in [4.78, 5) is 2.12. The summed E-state index contributed by atoms with van der Waals surface area (Å²) in [6.45, 7) is 6.80. The quantitative estimate of drug-likeness (QED) is 0.745. The molecule has 0 saturated heterocycles. The number of hydrogen-bond donors (Lipinski definition) is 1. The van der Waals surface area contributed by atoms with Crippen molar-refractivity contribution in [1.82, 2.24) is 10.1 Å². The molecule has 0 spiro atoms. The third-order valence-corrected chi connectivity index (χ3v) is 2.59. The van der Waals surface area contributed by atoms with Gasteiger partial charge in [0.25, 0.3) is 0 Å². The molecular weight excluding hydrogens is 208 g/mol. The number of aryl methyl sites for hydroxylation is 2. The standard InChI is InChI=1S/C11H20N2O3/c1-9-11(10(2)16-12-9)8-13(4-6-14)5-7-15-3/h14H,4-8H2,1-3H3. The molecule has 1 aromatic rings. The van der Waals surface area contributed by atoms with Crippen molar-refractivity contribution in [3.63, 3.8) is 0 Å². The Bertz CT molecular complexity index is 293. The van der Waals surface area contributed by atoms with Gasteiger partial charge in [-0.25, -0.2) is 0 Å². The van der Waals surface area contributed by atoms with Gasteiger partial charge >= 0.3 is 0 Å². The summed E-state index contributed by atoms with van der Waals surface area (Å²) >= 11 is 0. The summed E-state index contributed by atoms with van der Waals surface area (Å²) in [5.41, 5.74) is 2.02. The maximum atomic E-state index is 8.98. The van der Waals surface area contributed by atoms with Crippen LogP contribution in [0.3, 0.4) is 0 Å². The summed E-state index contributed by atoms with van der Waals surface area (Å²) in [5, 5.41) is 12.9. The third kappa shape index (κ3) is 3.59. The van der Waals surface area contributed by atoms with Gasteiger partial charge < -0.3 is 14.4 Å². The van der Waals surface area contributed by atoms with E-state index < -0.39 is 0 Å². The van der Waals surface area contributed by atoms with Gasteiger partial charge in [0.2, 0.25) is 0 Å². The van der Waals surface area contributed by atoms with Crippen LogP contribution in [0.1, 0.15) is 17.0 Å². The molecule has 92 valence electrons. The third-order valence-electron chi connectivity index (χ3n) is 2.59. The lowest BCUT2D eigenvalue weighted by molar-refractivity contribution is 0.126. The van der Waals surface area contributed by atoms with Gasteiger partial charge in [0.15, 0.2) is 0 Å². The zero-order valence-corrected chi connectivity index (χ0v) is 10.2. The van der Waals surface area contributed by atoms with Crippen LogP contribution in [0.5, 0.6) is 0 Å². The van der Waals surface area contributed by atoms with Crippen LogP contribution in [0.4, 0.5) is 0 Å². The Morgan fingerprint density at radius 3 is 2.62 bits per heavy atom. The summed E-state index contributed by atoms with van der Waals surface area (Å²) < 4.78 is 10.1. The highest BCUT2D eigenvalue weighted by molar-refractivity contribution is 5.20. The molecule has 5 heteroatoms. The molecule has 0 atom stereocenters. The highest BCUT2D eigenvalue weighted by atomic mass is 16.5. The summed E-state index contributed by atoms with van der Waals surface area (Å²) in [5.74, 6) is 0.845. The summed E-state index contributed by atoms with van der Waals surface area (Å²) in [6.07, 6.45) is 0. The van der Waals surface area contributed by atoms with Crippen molar-refractivity contribution in [2.75, 3.05) is 33.4 Å². The molecule has 0 fully saturated rings. The Morgan fingerprint density at radius 1 is 1.38 bits per heavy atom. The van der Waals surface area contributed by atoms with E-state index in [-0.39, 0.29) is 6.61 Å². The molecule has 1 N–H and O–H groups in total. The molecule has 0 radical (unpaired) electrons. The largest absolute Gasteiger partial charge is 0.395 e. The molecule has 1 rings (SSSR count). The molecule has 0 aromatic carbocycles. The van der Waals surface area contributed by atoms with Crippen molar-refractivity contribution in [3.05, 3.63) is 17.0 Å². The van der Waals surface area contributed by atoms with E-state index in [4.69, 9.17) is 14.4 Å². The van der Waals surface area contributed by atoms with Crippen molar-refractivity contribution in [3.8, 4) is 0 Å². The molecule has 0 unspecified atom stereocenters. The number of aliphatic hydroxyl groups is 1. The van der Waals surface area contributed by atoms with Crippen molar-refractivity contribution in [2.45, 2.75) is 20.4 Å². The molecule has 5 nitrogen and oxygen atoms in total. The van der Waals surface area contributed by atoms with E-state index in [9.17, 15) is 0 Å². The van der Waals surface area contributed by atoms with Gasteiger partial charge in [0.05, 0.1) is 18.9 Å². The lowest BCUT2D eigenvalue weighted by Crippen LogP contribution is -2.30. The molecule has 0 aliphatic carbocycles. The number of methoxy groups -OCH3 is 1. The van der Waals surface area contributed by atoms with Gasteiger partial charge in [-0.2, -0.15) is 0 Å². The Balaban J connectivity index is 2.59. The van der Waals surface area contributed by atoms with Crippen LogP contribution < -0.4 is 0 Å². The van der Waals surface area contributed by atoms with Gasteiger partial charge in [-0.15, -0.1) is 0 Å². The van der Waals surface area contributed by atoms with E-state index in [0.29, 0.717) is 13.2 Å². The van der Waals surface area contributed by atoms with Gasteiger partial charge in [-0.05, 0) is 13.8 Å². The van der Waals surface area contributed by atoms with Crippen molar-refractivity contribution < 1.29 is 14.4 Å². The van der Waals surface area contributed by atoms with Crippen LogP contribution in [0.2, 0.25) is 0 Å². The summed E-state index contributed by atoms with van der Waals surface area (Å²) in [6, 6.07) is 0. The van der Waals surface area contributed by atoms with E-state index in [1.165, 1.54) is 0 Å². The average molecular weight is 228 g/mol. The number of ether oxygens (including phenoxy) is 1. The SMILES string of the molecule is COCCN(CCO)Cc1c(C)noc1C. The minimum atomic E-state index is 0.146. The van der Waals surface area contributed by atoms with Crippen LogP contribution in [-0.2, 0) is 11.3 Å². The van der Waals surface area contributed by atoms with E-state index >= 15 is 0 Å². The first kappa shape index (κ1) is 13.2. The van der Waals surface area contributed by atoms with Crippen LogP contribution >= 0.6 is 0 Å². The Hall–Kier alpha value is -0.910. The number of aliphatic hydroxyl groups excluding tert-OH is 1. The van der Waals surface area contributed by atoms with Gasteiger partial charge in [-0.1, -0.05) is 5.16 Å². The number of hydrogen-bond acceptors (Lipinski definition) is 5. The first-order valence-corrected chi connectivity index (χ1v) is 5.43. The Labute approximate surface area is 96.0 Å². The van der Waals surface area contributed by atoms with Crippen molar-refractivity contribution in [2.24, 2.45) is 0 Å². The molecule has 0 aliphatic rings. The summed E-state index contributed by atoms with van der Waals surface area (Å²) in [7, 11) is 1.67. The zero-order chi connectivity index (χ0) is 12.0. The maximum absolute atomic E-state index is 8.98. The van der Waals surface area contributed by atoms with E-state index in [1.54, 1.807) is 7.11 Å². The van der Waals surface area contributed by atoms with E-state index in [0.717, 1.165) is 30.1 Å². The lowest BCUT2D eigenvalue weighted by Gasteiger charge is -2.20. The highest BCUT2D eigenvalue weighted by Crippen LogP contribution is 2.14. The number of rotatable bonds is 7. The molecular formula is C11H20N2O3. The van der Waals surface area contributed by atoms with Crippen LogP contribution in [-0.4, -0.2) is 48.6 Å². The molecule has 0 aliphatic heterocycles. The Kier molecular flexibility index (Phi) is 5.45. The fraction of sp³-hybridized carbons (Fsp3) is 0.727. The minimum Gasteiger partial charge on any atom is -0.395 e. The molecule has 0 saturated carbocycles. The smallest absolute Gasteiger partial charge is 0.138 e. The van der Waals surface area contributed by atoms with E-state index in [2.05, 4.69) is 10.1 Å². The fourth-order valence-electron chi connectivity index (χ4n) is 1.58. The number of nitrogens with zero attached hydrogens (tertiary/aromatic N) is 2. The first-order chi connectivity index (χ1) is 7.69. The second kappa shape index (κ2) is 6.62. The lowest BCUT2D eigenvalue weighted by atomic mass is 10.2. The average Bonchev–Trinajstić information content (AvgIpc) is 2.57. The maximum Gasteiger partial charge on any atom is 0.138 e. The van der Waals surface area contributed by atoms with Crippen LogP contribution in [0.15, 0.2) is 4.52 Å². The molecule has 0 amide bonds. The minimum absolute atomic E-state index is 0.146. The van der Waals surface area contributed by atoms with Crippen molar-refractivity contribution >= 4 is 0 Å². The second-order valence-corrected chi connectivity index (χ2v) is 3.80. The molecule has 0 bridgehead atoms. The second-order valence-electron chi connectivity index (χ2n) is 3.80. The zero-order valence-electron chi connectivity index (χ0n) is 10.2. The van der Waals surface area contributed by atoms with Crippen molar-refractivity contribution in [1.29, 1.82) is 0 Å². The van der Waals surface area contributed by atoms with Crippen LogP contribution in [0.25, 0.3) is 0 Å². The predicted octanol–water partition coefficient (Wildman–Crippen LogP) is 0.732. The number of aromatic nitrogens is 1. The molecule has 1 heterocycles. The fourth-order valence-corrected chi connectivity index (χ4v) is 1.58. The van der Waals surface area contributed by atoms with Gasteiger partial charge in [0.1, 0.15) is 5.76 Å². The van der Waals surface area contributed by atoms with Gasteiger partial charge in [0, 0.05) is 32.3 Å². The normalized spacial score (nSPS) is 11.3. The molecule has 1 aromatic heterocycles. The Morgan fingerprint density at radius 2 is 2.12 bits per heavy atom. The van der Waals surface area contributed by atoms with Crippen LogP contribution in [0, 0.1) is 13.8 Å². The predicted molar refractivity (Wildman–Crippen MR) is 60.2 cm³/mol. The van der Waals surface area contributed by atoms with E-state index in [1.807, 2.05) is 13.8 Å². The first-order valence-electron chi connectivity index (χ1n) is 5.43.